The normalized spacial score (nSPS) is 11.5. The highest BCUT2D eigenvalue weighted by molar-refractivity contribution is 5.71. The highest BCUT2D eigenvalue weighted by Gasteiger charge is 2.14. The largest absolute Gasteiger partial charge is 0.496 e. The molecule has 104 valence electrons. The molecule has 0 spiro atoms. The Morgan fingerprint density at radius 2 is 1.70 bits per heavy atom. The number of amides is 1. The Bertz CT molecular complexity index is 569. The van der Waals surface area contributed by atoms with E-state index >= 15 is 0 Å². The van der Waals surface area contributed by atoms with Gasteiger partial charge in [-0.2, -0.15) is 0 Å². The molecule has 20 heavy (non-hydrogen) atoms. The maximum absolute atomic E-state index is 11.8. The maximum Gasteiger partial charge on any atom is 0.413 e. The number of hydrogen-bond donors (Lipinski definition) is 1. The van der Waals surface area contributed by atoms with Gasteiger partial charge in [0.05, 0.1) is 13.2 Å². The quantitative estimate of drug-likeness (QED) is 0.925. The predicted molar refractivity (Wildman–Crippen MR) is 77.0 cm³/mol. The Morgan fingerprint density at radius 1 is 1.05 bits per heavy atom. The van der Waals surface area contributed by atoms with E-state index in [9.17, 15) is 4.79 Å². The van der Waals surface area contributed by atoms with E-state index in [1.165, 1.54) is 0 Å². The van der Waals surface area contributed by atoms with Gasteiger partial charge in [-0.1, -0.05) is 36.4 Å². The molecule has 2 aromatic rings. The zero-order valence-electron chi connectivity index (χ0n) is 11.5. The summed E-state index contributed by atoms with van der Waals surface area (Å²) in [5, 5.41) is 2.78. The van der Waals surface area contributed by atoms with Crippen molar-refractivity contribution in [1.29, 1.82) is 0 Å². The lowest BCUT2D eigenvalue weighted by atomic mass is 10.1. The summed E-state index contributed by atoms with van der Waals surface area (Å²) in [6.45, 7) is 1.88. The first-order valence-electron chi connectivity index (χ1n) is 6.37. The van der Waals surface area contributed by atoms with Crippen LogP contribution in [0.3, 0.4) is 0 Å². The fourth-order valence-corrected chi connectivity index (χ4v) is 1.90. The molecule has 1 amide bonds. The van der Waals surface area contributed by atoms with Gasteiger partial charge in [-0.15, -0.1) is 0 Å². The van der Waals surface area contributed by atoms with Crippen LogP contribution in [-0.2, 0) is 0 Å². The Morgan fingerprint density at radius 3 is 2.40 bits per heavy atom. The minimum absolute atomic E-state index is 0.206. The molecule has 0 saturated carbocycles. The number of carbonyl (C=O) groups is 1. The van der Waals surface area contributed by atoms with Gasteiger partial charge in [-0.25, -0.2) is 4.79 Å². The molecule has 0 unspecified atom stereocenters. The molecule has 0 aliphatic heterocycles. The summed E-state index contributed by atoms with van der Waals surface area (Å²) in [6, 6.07) is 16.3. The van der Waals surface area contributed by atoms with E-state index < -0.39 is 6.09 Å². The van der Waals surface area contributed by atoms with Gasteiger partial charge < -0.3 is 14.8 Å². The molecule has 1 atom stereocenters. The van der Waals surface area contributed by atoms with Crippen molar-refractivity contribution < 1.29 is 14.3 Å². The van der Waals surface area contributed by atoms with Gasteiger partial charge in [0.25, 0.3) is 0 Å². The summed E-state index contributed by atoms with van der Waals surface area (Å²) in [5.74, 6) is 1.25. The number of carbonyl (C=O) groups excluding carboxylic acids is 1. The van der Waals surface area contributed by atoms with E-state index in [0.29, 0.717) is 5.75 Å². The van der Waals surface area contributed by atoms with E-state index in [-0.39, 0.29) is 6.04 Å². The molecule has 0 aromatic heterocycles. The van der Waals surface area contributed by atoms with Crippen LogP contribution < -0.4 is 14.8 Å². The highest BCUT2D eigenvalue weighted by Crippen LogP contribution is 2.24. The lowest BCUT2D eigenvalue weighted by Gasteiger charge is -2.16. The summed E-state index contributed by atoms with van der Waals surface area (Å²) in [5.41, 5.74) is 0.903. The van der Waals surface area contributed by atoms with Crippen LogP contribution in [0.1, 0.15) is 18.5 Å². The number of benzene rings is 2. The minimum Gasteiger partial charge on any atom is -0.496 e. The molecule has 1 N–H and O–H groups in total. The second-order valence-corrected chi connectivity index (χ2v) is 4.31. The molecule has 0 radical (unpaired) electrons. The summed E-state index contributed by atoms with van der Waals surface area (Å²) < 4.78 is 10.5. The third kappa shape index (κ3) is 3.51. The van der Waals surface area contributed by atoms with Gasteiger partial charge in [0, 0.05) is 5.56 Å². The third-order valence-electron chi connectivity index (χ3n) is 2.89. The second-order valence-electron chi connectivity index (χ2n) is 4.31. The SMILES string of the molecule is COc1ccccc1[C@H](C)NC(=O)Oc1ccccc1. The molecular formula is C16H17NO3. The lowest BCUT2D eigenvalue weighted by molar-refractivity contribution is 0.197. The zero-order valence-corrected chi connectivity index (χ0v) is 11.5. The predicted octanol–water partition coefficient (Wildman–Crippen LogP) is 3.54. The van der Waals surface area contributed by atoms with Crippen molar-refractivity contribution in [2.75, 3.05) is 7.11 Å². The van der Waals surface area contributed by atoms with Crippen LogP contribution in [-0.4, -0.2) is 13.2 Å². The molecule has 4 nitrogen and oxygen atoms in total. The zero-order chi connectivity index (χ0) is 14.4. The van der Waals surface area contributed by atoms with Gasteiger partial charge >= 0.3 is 6.09 Å². The van der Waals surface area contributed by atoms with Gasteiger partial charge in [0.15, 0.2) is 0 Å². The molecule has 0 aliphatic carbocycles. The summed E-state index contributed by atoms with van der Waals surface area (Å²) in [6.07, 6.45) is -0.491. The first-order chi connectivity index (χ1) is 9.70. The van der Waals surface area contributed by atoms with Crippen molar-refractivity contribution in [3.63, 3.8) is 0 Å². The van der Waals surface area contributed by atoms with Crippen LogP contribution in [0, 0.1) is 0 Å². The molecule has 0 aliphatic rings. The van der Waals surface area contributed by atoms with Gasteiger partial charge in [0.2, 0.25) is 0 Å². The average Bonchev–Trinajstić information content (AvgIpc) is 2.48. The third-order valence-corrected chi connectivity index (χ3v) is 2.89. The smallest absolute Gasteiger partial charge is 0.413 e. The lowest BCUT2D eigenvalue weighted by Crippen LogP contribution is -2.29. The number of ether oxygens (including phenoxy) is 2. The van der Waals surface area contributed by atoms with E-state index in [1.807, 2.05) is 49.4 Å². The van der Waals surface area contributed by atoms with Gasteiger partial charge in [-0.3, -0.25) is 0 Å². The van der Waals surface area contributed by atoms with Crippen LogP contribution in [0.4, 0.5) is 4.79 Å². The van der Waals surface area contributed by atoms with Crippen molar-refractivity contribution in [3.05, 3.63) is 60.2 Å². The molecule has 0 bridgehead atoms. The van der Waals surface area contributed by atoms with E-state index in [0.717, 1.165) is 11.3 Å². The fraction of sp³-hybridized carbons (Fsp3) is 0.188. The van der Waals surface area contributed by atoms with Crippen molar-refractivity contribution in [2.24, 2.45) is 0 Å². The Labute approximate surface area is 118 Å². The van der Waals surface area contributed by atoms with E-state index in [2.05, 4.69) is 5.32 Å². The number of rotatable bonds is 4. The van der Waals surface area contributed by atoms with Crippen molar-refractivity contribution in [3.8, 4) is 11.5 Å². The van der Waals surface area contributed by atoms with Crippen LogP contribution in [0.5, 0.6) is 11.5 Å². The van der Waals surface area contributed by atoms with Gasteiger partial charge in [0.1, 0.15) is 11.5 Å². The summed E-state index contributed by atoms with van der Waals surface area (Å²) in [4.78, 5) is 11.8. The number of nitrogens with one attached hydrogen (secondary N) is 1. The van der Waals surface area contributed by atoms with Crippen molar-refractivity contribution in [2.45, 2.75) is 13.0 Å². The van der Waals surface area contributed by atoms with Crippen molar-refractivity contribution in [1.82, 2.24) is 5.32 Å². The topological polar surface area (TPSA) is 47.6 Å². The first-order valence-corrected chi connectivity index (χ1v) is 6.37. The fourth-order valence-electron chi connectivity index (χ4n) is 1.90. The van der Waals surface area contributed by atoms with Crippen molar-refractivity contribution >= 4 is 6.09 Å². The number of hydrogen-bond acceptors (Lipinski definition) is 3. The molecule has 2 aromatic carbocycles. The van der Waals surface area contributed by atoms with E-state index in [1.54, 1.807) is 19.2 Å². The highest BCUT2D eigenvalue weighted by atomic mass is 16.6. The summed E-state index contributed by atoms with van der Waals surface area (Å²) >= 11 is 0. The molecule has 0 fully saturated rings. The average molecular weight is 271 g/mol. The standard InChI is InChI=1S/C16H17NO3/c1-12(14-10-6-7-11-15(14)19-2)17-16(18)20-13-8-4-3-5-9-13/h3-12H,1-2H3,(H,17,18)/t12-/m0/s1. The van der Waals surface area contributed by atoms with E-state index in [4.69, 9.17) is 9.47 Å². The maximum atomic E-state index is 11.8. The van der Waals surface area contributed by atoms with Gasteiger partial charge in [-0.05, 0) is 25.1 Å². The van der Waals surface area contributed by atoms with Crippen LogP contribution in [0.15, 0.2) is 54.6 Å². The molecule has 0 saturated heterocycles. The Hall–Kier alpha value is -2.49. The molecular weight excluding hydrogens is 254 g/mol. The van der Waals surface area contributed by atoms with Crippen LogP contribution >= 0.6 is 0 Å². The molecule has 2 rings (SSSR count). The molecule has 4 heteroatoms. The summed E-state index contributed by atoms with van der Waals surface area (Å²) in [7, 11) is 1.61. The minimum atomic E-state index is -0.491. The van der Waals surface area contributed by atoms with Crippen LogP contribution in [0.2, 0.25) is 0 Å². The monoisotopic (exact) mass is 271 g/mol. The number of para-hydroxylation sites is 2. The Kier molecular flexibility index (Phi) is 4.60. The Balaban J connectivity index is 2.00. The molecule has 0 heterocycles. The number of methoxy groups -OCH3 is 1. The first kappa shape index (κ1) is 13.9. The second kappa shape index (κ2) is 6.61. The van der Waals surface area contributed by atoms with Crippen LogP contribution in [0.25, 0.3) is 0 Å².